The largest absolute Gasteiger partial charge is 0.294 e. The number of aromatic nitrogens is 2. The van der Waals surface area contributed by atoms with E-state index in [4.69, 9.17) is 0 Å². The molecule has 4 aromatic rings. The van der Waals surface area contributed by atoms with E-state index in [1.54, 1.807) is 6.20 Å². The zero-order chi connectivity index (χ0) is 20.1. The van der Waals surface area contributed by atoms with Crippen LogP contribution in [0.3, 0.4) is 0 Å². The number of carbonyl (C=O) groups excluding carboxylic acids is 1. The quantitative estimate of drug-likeness (QED) is 0.390. The average molecular weight is 378 g/mol. The van der Waals surface area contributed by atoms with E-state index in [0.717, 1.165) is 45.6 Å². The molecule has 0 aliphatic rings. The van der Waals surface area contributed by atoms with Crippen molar-refractivity contribution < 1.29 is 4.79 Å². The lowest BCUT2D eigenvalue weighted by Gasteiger charge is -2.06. The number of Topliss-reactive ketones (excluding diaryl/α,β-unsaturated/α-hetero) is 1. The number of ketones is 1. The molecule has 3 nitrogen and oxygen atoms in total. The first-order valence-corrected chi connectivity index (χ1v) is 9.76. The Balaban J connectivity index is 1.38. The lowest BCUT2D eigenvalue weighted by atomic mass is 9.99. The molecule has 0 unspecified atom stereocenters. The van der Waals surface area contributed by atoms with Gasteiger partial charge in [0, 0.05) is 35.6 Å². The summed E-state index contributed by atoms with van der Waals surface area (Å²) >= 11 is 0. The topological polar surface area (TPSA) is 42.9 Å². The lowest BCUT2D eigenvalue weighted by Crippen LogP contribution is -2.01. The highest BCUT2D eigenvalue weighted by Crippen LogP contribution is 2.21. The fraction of sp³-hybridized carbons (Fsp3) is 0.115. The Morgan fingerprint density at radius 2 is 1.52 bits per heavy atom. The van der Waals surface area contributed by atoms with Gasteiger partial charge in [-0.1, -0.05) is 54.6 Å². The molecule has 0 atom stereocenters. The number of hydrogen-bond donors (Lipinski definition) is 0. The summed E-state index contributed by atoms with van der Waals surface area (Å²) in [6.45, 7) is 1.99. The average Bonchev–Trinajstić information content (AvgIpc) is 2.78. The van der Waals surface area contributed by atoms with Crippen LogP contribution in [-0.2, 0) is 6.42 Å². The maximum atomic E-state index is 12.6. The van der Waals surface area contributed by atoms with E-state index in [9.17, 15) is 4.79 Å². The third-order valence-electron chi connectivity index (χ3n) is 4.99. The summed E-state index contributed by atoms with van der Waals surface area (Å²) in [5.74, 6) is 0.159. The molecule has 0 spiro atoms. The molecule has 4 rings (SSSR count). The molecule has 0 N–H and O–H groups in total. The summed E-state index contributed by atoms with van der Waals surface area (Å²) in [7, 11) is 0. The maximum absolute atomic E-state index is 12.6. The van der Waals surface area contributed by atoms with Gasteiger partial charge in [-0.05, 0) is 54.3 Å². The van der Waals surface area contributed by atoms with Crippen LogP contribution in [0.2, 0.25) is 0 Å². The highest BCUT2D eigenvalue weighted by Gasteiger charge is 2.08. The number of benzene rings is 2. The first-order valence-electron chi connectivity index (χ1n) is 9.76. The van der Waals surface area contributed by atoms with E-state index in [1.165, 1.54) is 0 Å². The van der Waals surface area contributed by atoms with Crippen LogP contribution in [0, 0.1) is 6.92 Å². The van der Waals surface area contributed by atoms with Gasteiger partial charge in [0.05, 0.1) is 5.69 Å². The minimum Gasteiger partial charge on any atom is -0.294 e. The molecule has 2 aromatic heterocycles. The van der Waals surface area contributed by atoms with Crippen LogP contribution in [0.4, 0.5) is 0 Å². The van der Waals surface area contributed by atoms with Crippen molar-refractivity contribution in [1.82, 2.24) is 9.97 Å². The molecule has 2 aromatic carbocycles. The minimum absolute atomic E-state index is 0.159. The Labute approximate surface area is 171 Å². The van der Waals surface area contributed by atoms with Crippen LogP contribution < -0.4 is 0 Å². The predicted molar refractivity (Wildman–Crippen MR) is 117 cm³/mol. The van der Waals surface area contributed by atoms with Gasteiger partial charge in [-0.2, -0.15) is 0 Å². The van der Waals surface area contributed by atoms with Gasteiger partial charge in [0.1, 0.15) is 0 Å². The maximum Gasteiger partial charge on any atom is 0.163 e. The van der Waals surface area contributed by atoms with Crippen molar-refractivity contribution in [2.75, 3.05) is 0 Å². The second kappa shape index (κ2) is 8.61. The summed E-state index contributed by atoms with van der Waals surface area (Å²) in [4.78, 5) is 21.2. The number of aryl methyl sites for hydroxylation is 2. The van der Waals surface area contributed by atoms with Crippen LogP contribution in [0.1, 0.15) is 28.0 Å². The third-order valence-corrected chi connectivity index (χ3v) is 4.99. The highest BCUT2D eigenvalue weighted by atomic mass is 16.1. The number of hydrogen-bond acceptors (Lipinski definition) is 3. The molecule has 0 fully saturated rings. The molecule has 0 aliphatic heterocycles. The fourth-order valence-corrected chi connectivity index (χ4v) is 3.35. The number of rotatable bonds is 6. The third kappa shape index (κ3) is 4.64. The van der Waals surface area contributed by atoms with Gasteiger partial charge >= 0.3 is 0 Å². The smallest absolute Gasteiger partial charge is 0.163 e. The standard InChI is InChI=1S/C26H22N2O/c1-19-18-24(15-17-27-19)21-8-5-20(6-9-21)7-14-26(29)23-12-10-22(11-13-23)25-4-2-3-16-28-25/h2-6,8-13,15-18H,7,14H2,1H3. The normalized spacial score (nSPS) is 10.7. The van der Waals surface area contributed by atoms with Crippen LogP contribution in [-0.4, -0.2) is 15.8 Å². The predicted octanol–water partition coefficient (Wildman–Crippen LogP) is 5.93. The van der Waals surface area contributed by atoms with Gasteiger partial charge in [-0.25, -0.2) is 0 Å². The summed E-state index contributed by atoms with van der Waals surface area (Å²) in [5, 5.41) is 0. The van der Waals surface area contributed by atoms with Gasteiger partial charge in [-0.15, -0.1) is 0 Å². The molecular weight excluding hydrogens is 356 g/mol. The van der Waals surface area contributed by atoms with Gasteiger partial charge in [-0.3, -0.25) is 14.8 Å². The molecule has 142 valence electrons. The Bertz CT molecular complexity index is 1100. The zero-order valence-corrected chi connectivity index (χ0v) is 16.4. The van der Waals surface area contributed by atoms with Crippen molar-refractivity contribution in [3.63, 3.8) is 0 Å². The van der Waals surface area contributed by atoms with E-state index in [0.29, 0.717) is 6.42 Å². The molecule has 0 amide bonds. The van der Waals surface area contributed by atoms with Crippen molar-refractivity contribution in [3.05, 3.63) is 108 Å². The van der Waals surface area contributed by atoms with E-state index < -0.39 is 0 Å². The molecular formula is C26H22N2O. The first kappa shape index (κ1) is 18.8. The van der Waals surface area contributed by atoms with Crippen LogP contribution in [0.5, 0.6) is 0 Å². The van der Waals surface area contributed by atoms with Gasteiger partial charge in [0.15, 0.2) is 5.78 Å². The van der Waals surface area contributed by atoms with Crippen LogP contribution >= 0.6 is 0 Å². The Morgan fingerprint density at radius 3 is 2.21 bits per heavy atom. The monoisotopic (exact) mass is 378 g/mol. The highest BCUT2D eigenvalue weighted by molar-refractivity contribution is 5.96. The molecule has 0 saturated carbocycles. The van der Waals surface area contributed by atoms with E-state index in [1.807, 2.05) is 61.7 Å². The SMILES string of the molecule is Cc1cc(-c2ccc(CCC(=O)c3ccc(-c4ccccn4)cc3)cc2)ccn1. The zero-order valence-electron chi connectivity index (χ0n) is 16.4. The van der Waals surface area contributed by atoms with Gasteiger partial charge in [0.25, 0.3) is 0 Å². The van der Waals surface area contributed by atoms with E-state index in [2.05, 4.69) is 40.3 Å². The van der Waals surface area contributed by atoms with Gasteiger partial charge in [0.2, 0.25) is 0 Å². The Hall–Kier alpha value is -3.59. The fourth-order valence-electron chi connectivity index (χ4n) is 3.35. The molecule has 0 saturated heterocycles. The first-order chi connectivity index (χ1) is 14.2. The minimum atomic E-state index is 0.159. The molecule has 0 bridgehead atoms. The molecule has 2 heterocycles. The van der Waals surface area contributed by atoms with E-state index >= 15 is 0 Å². The summed E-state index contributed by atoms with van der Waals surface area (Å²) in [6.07, 6.45) is 4.83. The summed E-state index contributed by atoms with van der Waals surface area (Å²) < 4.78 is 0. The Morgan fingerprint density at radius 1 is 0.759 bits per heavy atom. The molecule has 29 heavy (non-hydrogen) atoms. The second-order valence-corrected chi connectivity index (χ2v) is 7.10. The molecule has 0 aliphatic carbocycles. The van der Waals surface area contributed by atoms with Crippen LogP contribution in [0.15, 0.2) is 91.3 Å². The Kier molecular flexibility index (Phi) is 5.57. The van der Waals surface area contributed by atoms with Crippen molar-refractivity contribution in [2.24, 2.45) is 0 Å². The van der Waals surface area contributed by atoms with Crippen LogP contribution in [0.25, 0.3) is 22.4 Å². The lowest BCUT2D eigenvalue weighted by molar-refractivity contribution is 0.0983. The number of nitrogens with zero attached hydrogens (tertiary/aromatic N) is 2. The summed E-state index contributed by atoms with van der Waals surface area (Å²) in [5.41, 5.74) is 7.17. The molecule has 0 radical (unpaired) electrons. The van der Waals surface area contributed by atoms with Crippen molar-refractivity contribution in [3.8, 4) is 22.4 Å². The van der Waals surface area contributed by atoms with Crippen molar-refractivity contribution in [1.29, 1.82) is 0 Å². The van der Waals surface area contributed by atoms with Gasteiger partial charge < -0.3 is 0 Å². The summed E-state index contributed by atoms with van der Waals surface area (Å²) in [6, 6.07) is 26.0. The molecule has 3 heteroatoms. The number of carbonyl (C=O) groups is 1. The second-order valence-electron chi connectivity index (χ2n) is 7.10. The van der Waals surface area contributed by atoms with Crippen molar-refractivity contribution in [2.45, 2.75) is 19.8 Å². The van der Waals surface area contributed by atoms with Crippen molar-refractivity contribution >= 4 is 5.78 Å². The number of pyridine rings is 2. The van der Waals surface area contributed by atoms with E-state index in [-0.39, 0.29) is 5.78 Å².